The minimum Gasteiger partial charge on any atom is -0.461 e. The molecule has 2 N–H and O–H groups in total. The maximum atomic E-state index is 13.3. The van der Waals surface area contributed by atoms with E-state index in [4.69, 9.17) is 18.9 Å². The summed E-state index contributed by atoms with van der Waals surface area (Å²) in [6.07, 6.45) is 0.287. The molecule has 0 aliphatic heterocycles. The molecule has 0 unspecified atom stereocenters. The minimum atomic E-state index is -1.35. The Hall–Kier alpha value is -3.76. The molecule has 2 atom stereocenters. The predicted molar refractivity (Wildman–Crippen MR) is 150 cm³/mol. The summed E-state index contributed by atoms with van der Waals surface area (Å²) >= 11 is 0. The second-order valence-corrected chi connectivity index (χ2v) is 12.5. The number of nitrogens with zero attached hydrogens (tertiary/aromatic N) is 1. The highest BCUT2D eigenvalue weighted by Gasteiger charge is 2.32. The fourth-order valence-corrected chi connectivity index (χ4v) is 3.71. The summed E-state index contributed by atoms with van der Waals surface area (Å²) in [7, 11) is 1.88. The molecule has 0 saturated carbocycles. The van der Waals surface area contributed by atoms with E-state index in [1.807, 2.05) is 42.1 Å². The highest BCUT2D eigenvalue weighted by Crippen LogP contribution is 2.22. The van der Waals surface area contributed by atoms with Crippen LogP contribution in [-0.4, -0.2) is 64.2 Å². The van der Waals surface area contributed by atoms with Gasteiger partial charge >= 0.3 is 24.1 Å². The maximum Gasteiger partial charge on any atom is 0.408 e. The Morgan fingerprint density at radius 1 is 0.750 bits per heavy atom. The standard InChI is InChI=1S/C29H43N3O8/c1-27(2,3)38-24(34)21(31-26(36)40-29(7,8)9)17-37-23(33)20(30-25(35)39-28(4,5)6)15-18-16-32(10)22-14-12-11-13-19(18)22/h11-14,16,20-21H,15,17H2,1-10H3,(H,30,35)(H,31,36)/t20-,21+/m1/s1. The van der Waals surface area contributed by atoms with Crippen molar-refractivity contribution in [3.05, 3.63) is 36.0 Å². The minimum absolute atomic E-state index is 0.0933. The molecule has 0 bridgehead atoms. The van der Waals surface area contributed by atoms with Crippen molar-refractivity contribution in [2.75, 3.05) is 6.61 Å². The van der Waals surface area contributed by atoms with Crippen LogP contribution in [0.2, 0.25) is 0 Å². The quantitative estimate of drug-likeness (QED) is 0.358. The van der Waals surface area contributed by atoms with Crippen molar-refractivity contribution in [1.29, 1.82) is 0 Å². The van der Waals surface area contributed by atoms with Crippen LogP contribution in [0.3, 0.4) is 0 Å². The lowest BCUT2D eigenvalue weighted by Crippen LogP contribution is -2.50. The van der Waals surface area contributed by atoms with Crippen molar-refractivity contribution >= 4 is 35.0 Å². The molecule has 0 radical (unpaired) electrons. The summed E-state index contributed by atoms with van der Waals surface area (Å²) < 4.78 is 23.4. The lowest BCUT2D eigenvalue weighted by atomic mass is 10.1. The van der Waals surface area contributed by atoms with Crippen LogP contribution < -0.4 is 10.6 Å². The van der Waals surface area contributed by atoms with Gasteiger partial charge in [0, 0.05) is 30.6 Å². The number of amides is 2. The molecule has 0 spiro atoms. The summed E-state index contributed by atoms with van der Waals surface area (Å²) in [6.45, 7) is 14.6. The van der Waals surface area contributed by atoms with Crippen LogP contribution in [0.25, 0.3) is 10.9 Å². The van der Waals surface area contributed by atoms with Crippen molar-refractivity contribution in [2.24, 2.45) is 7.05 Å². The molecular formula is C29H43N3O8. The van der Waals surface area contributed by atoms with Crippen LogP contribution in [-0.2, 0) is 42.0 Å². The predicted octanol–water partition coefficient (Wildman–Crippen LogP) is 4.39. The van der Waals surface area contributed by atoms with Gasteiger partial charge < -0.3 is 34.1 Å². The molecule has 0 saturated heterocycles. The number of nitrogens with one attached hydrogen (secondary N) is 2. The Balaban J connectivity index is 2.27. The van der Waals surface area contributed by atoms with Crippen LogP contribution in [0.15, 0.2) is 30.5 Å². The number of carbonyl (C=O) groups is 4. The Kier molecular flexibility index (Phi) is 10.2. The first kappa shape index (κ1) is 32.5. The van der Waals surface area contributed by atoms with Crippen molar-refractivity contribution in [1.82, 2.24) is 15.2 Å². The van der Waals surface area contributed by atoms with Crippen LogP contribution in [0.1, 0.15) is 67.9 Å². The summed E-state index contributed by atoms with van der Waals surface area (Å²) in [5.74, 6) is -1.63. The van der Waals surface area contributed by atoms with E-state index in [9.17, 15) is 19.2 Å². The van der Waals surface area contributed by atoms with Gasteiger partial charge in [0.15, 0.2) is 6.04 Å². The van der Waals surface area contributed by atoms with Crippen molar-refractivity contribution in [3.8, 4) is 0 Å². The van der Waals surface area contributed by atoms with E-state index in [2.05, 4.69) is 10.6 Å². The van der Waals surface area contributed by atoms with Gasteiger partial charge in [-0.3, -0.25) is 0 Å². The number of ether oxygens (including phenoxy) is 4. The first-order valence-electron chi connectivity index (χ1n) is 13.2. The van der Waals surface area contributed by atoms with Gasteiger partial charge in [-0.2, -0.15) is 0 Å². The fraction of sp³-hybridized carbons (Fsp3) is 0.586. The van der Waals surface area contributed by atoms with Gasteiger partial charge in [0.25, 0.3) is 0 Å². The number of benzene rings is 1. The third-order valence-corrected chi connectivity index (χ3v) is 5.15. The molecule has 2 rings (SSSR count). The second-order valence-electron chi connectivity index (χ2n) is 12.5. The molecule has 0 aliphatic rings. The largest absolute Gasteiger partial charge is 0.461 e. The van der Waals surface area contributed by atoms with Crippen molar-refractivity contribution in [2.45, 2.75) is 97.6 Å². The van der Waals surface area contributed by atoms with Gasteiger partial charge in [0.05, 0.1) is 0 Å². The maximum absolute atomic E-state index is 13.3. The van der Waals surface area contributed by atoms with Gasteiger partial charge in [-0.1, -0.05) is 18.2 Å². The molecule has 11 nitrogen and oxygen atoms in total. The Morgan fingerprint density at radius 3 is 1.77 bits per heavy atom. The number of rotatable bonds is 8. The van der Waals surface area contributed by atoms with E-state index in [0.717, 1.165) is 16.5 Å². The van der Waals surface area contributed by atoms with Crippen molar-refractivity contribution in [3.63, 3.8) is 0 Å². The van der Waals surface area contributed by atoms with Gasteiger partial charge in [0.2, 0.25) is 0 Å². The topological polar surface area (TPSA) is 134 Å². The molecule has 1 aromatic heterocycles. The summed E-state index contributed by atoms with van der Waals surface area (Å²) in [5, 5.41) is 5.91. The average Bonchev–Trinajstić information content (AvgIpc) is 3.07. The van der Waals surface area contributed by atoms with Crippen LogP contribution in [0.5, 0.6) is 0 Å². The van der Waals surface area contributed by atoms with Gasteiger partial charge in [-0.05, 0) is 73.9 Å². The highest BCUT2D eigenvalue weighted by molar-refractivity contribution is 5.87. The molecule has 0 aliphatic carbocycles. The number of aryl methyl sites for hydroxylation is 1. The van der Waals surface area contributed by atoms with Crippen LogP contribution in [0.4, 0.5) is 9.59 Å². The normalized spacial score (nSPS) is 13.7. The summed E-state index contributed by atoms with van der Waals surface area (Å²) in [4.78, 5) is 51.2. The lowest BCUT2D eigenvalue weighted by Gasteiger charge is -2.27. The van der Waals surface area contributed by atoms with Crippen LogP contribution in [0, 0.1) is 0 Å². The molecule has 0 fully saturated rings. The molecule has 2 aromatic rings. The summed E-state index contributed by atoms with van der Waals surface area (Å²) in [6, 6.07) is 5.16. The molecular weight excluding hydrogens is 518 g/mol. The Morgan fingerprint density at radius 2 is 1.25 bits per heavy atom. The van der Waals surface area contributed by atoms with Crippen LogP contribution >= 0.6 is 0 Å². The summed E-state index contributed by atoms with van der Waals surface area (Å²) in [5.41, 5.74) is -0.721. The first-order chi connectivity index (χ1) is 18.2. The average molecular weight is 562 g/mol. The molecule has 11 heteroatoms. The zero-order chi connectivity index (χ0) is 30.5. The highest BCUT2D eigenvalue weighted by atomic mass is 16.6. The number of esters is 2. The van der Waals surface area contributed by atoms with Gasteiger partial charge in [-0.15, -0.1) is 0 Å². The number of alkyl carbamates (subject to hydrolysis) is 2. The third-order valence-electron chi connectivity index (χ3n) is 5.15. The Bertz CT molecular complexity index is 1210. The van der Waals surface area contributed by atoms with E-state index >= 15 is 0 Å². The number of aromatic nitrogens is 1. The van der Waals surface area contributed by atoms with E-state index < -0.39 is 59.6 Å². The fourth-order valence-electron chi connectivity index (χ4n) is 3.71. The number of hydrogen-bond acceptors (Lipinski definition) is 8. The number of fused-ring (bicyclic) bond motifs is 1. The zero-order valence-corrected chi connectivity index (χ0v) is 25.2. The smallest absolute Gasteiger partial charge is 0.408 e. The van der Waals surface area contributed by atoms with E-state index in [1.54, 1.807) is 62.3 Å². The first-order valence-corrected chi connectivity index (χ1v) is 13.2. The molecule has 40 heavy (non-hydrogen) atoms. The van der Waals surface area contributed by atoms with E-state index in [0.29, 0.717) is 0 Å². The molecule has 1 aromatic carbocycles. The van der Waals surface area contributed by atoms with E-state index in [-0.39, 0.29) is 6.42 Å². The third kappa shape index (κ3) is 10.8. The molecule has 222 valence electrons. The second kappa shape index (κ2) is 12.6. The monoisotopic (exact) mass is 561 g/mol. The number of para-hydroxylation sites is 1. The van der Waals surface area contributed by atoms with Gasteiger partial charge in [0.1, 0.15) is 29.5 Å². The number of carbonyl (C=O) groups excluding carboxylic acids is 4. The van der Waals surface area contributed by atoms with Gasteiger partial charge in [-0.25, -0.2) is 19.2 Å². The number of hydrogen-bond donors (Lipinski definition) is 2. The molecule has 1 heterocycles. The Labute approximate surface area is 235 Å². The zero-order valence-electron chi connectivity index (χ0n) is 25.2. The molecule has 2 amide bonds. The van der Waals surface area contributed by atoms with Crippen molar-refractivity contribution < 1.29 is 38.1 Å². The SMILES string of the molecule is Cn1cc(C[C@@H](NC(=O)OC(C)(C)C)C(=O)OC[C@H](NC(=O)OC(C)(C)C)C(=O)OC(C)(C)C)c2ccccc21. The van der Waals surface area contributed by atoms with E-state index in [1.165, 1.54) is 0 Å². The lowest BCUT2D eigenvalue weighted by molar-refractivity contribution is -0.161.